The second kappa shape index (κ2) is 6.37. The van der Waals surface area contributed by atoms with Crippen molar-refractivity contribution in [3.8, 4) is 0 Å². The molecule has 1 aromatic heterocycles. The van der Waals surface area contributed by atoms with Crippen LogP contribution in [-0.4, -0.2) is 16.3 Å². The molecule has 1 N–H and O–H groups in total. The number of nitrogens with zero attached hydrogens (tertiary/aromatic N) is 2. The number of halogens is 2. The van der Waals surface area contributed by atoms with Crippen molar-refractivity contribution in [2.75, 3.05) is 6.54 Å². The second-order valence-corrected chi connectivity index (χ2v) is 5.30. The molecule has 0 fully saturated rings. The molecule has 5 heteroatoms. The van der Waals surface area contributed by atoms with E-state index in [1.54, 1.807) is 10.7 Å². The number of rotatable bonds is 5. The summed E-state index contributed by atoms with van der Waals surface area (Å²) in [6.07, 6.45) is 2.72. The lowest BCUT2D eigenvalue weighted by molar-refractivity contribution is 0.546. The van der Waals surface area contributed by atoms with Crippen LogP contribution in [0.15, 0.2) is 24.4 Å². The third-order valence-electron chi connectivity index (χ3n) is 3.32. The van der Waals surface area contributed by atoms with E-state index in [2.05, 4.69) is 17.3 Å². The number of hydrogen-bond donors (Lipinski definition) is 1. The Morgan fingerprint density at radius 2 is 2.20 bits per heavy atom. The average Bonchev–Trinajstić information content (AvgIpc) is 2.71. The molecule has 0 aliphatic carbocycles. The van der Waals surface area contributed by atoms with E-state index >= 15 is 0 Å². The highest BCUT2D eigenvalue weighted by Gasteiger charge is 2.17. The van der Waals surface area contributed by atoms with E-state index in [0.29, 0.717) is 11.4 Å². The van der Waals surface area contributed by atoms with Gasteiger partial charge in [0.1, 0.15) is 5.82 Å². The quantitative estimate of drug-likeness (QED) is 0.916. The summed E-state index contributed by atoms with van der Waals surface area (Å²) in [5, 5.41) is 8.28. The Labute approximate surface area is 123 Å². The van der Waals surface area contributed by atoms with E-state index in [0.717, 1.165) is 23.4 Å². The van der Waals surface area contributed by atoms with E-state index < -0.39 is 0 Å². The van der Waals surface area contributed by atoms with Crippen LogP contribution in [0.2, 0.25) is 5.02 Å². The fourth-order valence-electron chi connectivity index (χ4n) is 2.41. The van der Waals surface area contributed by atoms with Crippen LogP contribution >= 0.6 is 11.6 Å². The van der Waals surface area contributed by atoms with Gasteiger partial charge >= 0.3 is 0 Å². The van der Waals surface area contributed by atoms with Crippen molar-refractivity contribution in [2.45, 2.75) is 26.3 Å². The summed E-state index contributed by atoms with van der Waals surface area (Å²) in [4.78, 5) is 0. The van der Waals surface area contributed by atoms with Crippen LogP contribution in [0, 0.1) is 12.7 Å². The second-order valence-electron chi connectivity index (χ2n) is 4.89. The normalized spacial score (nSPS) is 12.7. The van der Waals surface area contributed by atoms with Gasteiger partial charge < -0.3 is 5.32 Å². The summed E-state index contributed by atoms with van der Waals surface area (Å²) < 4.78 is 14.9. The van der Waals surface area contributed by atoms with Gasteiger partial charge in [0.05, 0.1) is 5.69 Å². The standard InChI is InChI=1S/C15H19ClFN3/c1-4-18-15(13-9-20(3)19-10(13)2)7-11-5-6-12(17)8-14(11)16/h5-6,8-9,15,18H,4,7H2,1-3H3. The summed E-state index contributed by atoms with van der Waals surface area (Å²) in [5.74, 6) is -0.309. The third-order valence-corrected chi connectivity index (χ3v) is 3.67. The van der Waals surface area contributed by atoms with Gasteiger partial charge in [0.25, 0.3) is 0 Å². The zero-order valence-electron chi connectivity index (χ0n) is 12.0. The molecule has 20 heavy (non-hydrogen) atoms. The van der Waals surface area contributed by atoms with Crippen molar-refractivity contribution in [3.63, 3.8) is 0 Å². The van der Waals surface area contributed by atoms with Gasteiger partial charge in [-0.15, -0.1) is 0 Å². The molecule has 0 radical (unpaired) electrons. The number of benzene rings is 1. The fraction of sp³-hybridized carbons (Fsp3) is 0.400. The molecule has 0 saturated heterocycles. The molecule has 0 bridgehead atoms. The molecule has 1 aromatic carbocycles. The van der Waals surface area contributed by atoms with Crippen molar-refractivity contribution in [2.24, 2.45) is 7.05 Å². The maximum absolute atomic E-state index is 13.1. The molecule has 3 nitrogen and oxygen atoms in total. The average molecular weight is 296 g/mol. The molecule has 108 valence electrons. The maximum Gasteiger partial charge on any atom is 0.124 e. The first kappa shape index (κ1) is 15.0. The summed E-state index contributed by atoms with van der Waals surface area (Å²) >= 11 is 6.12. The van der Waals surface area contributed by atoms with Crippen molar-refractivity contribution in [3.05, 3.63) is 52.1 Å². The van der Waals surface area contributed by atoms with Crippen LogP contribution in [0.3, 0.4) is 0 Å². The molecular formula is C15H19ClFN3. The lowest BCUT2D eigenvalue weighted by Crippen LogP contribution is -2.23. The van der Waals surface area contributed by atoms with Gasteiger partial charge in [-0.2, -0.15) is 5.10 Å². The van der Waals surface area contributed by atoms with Gasteiger partial charge in [0.2, 0.25) is 0 Å². The minimum atomic E-state index is -0.309. The van der Waals surface area contributed by atoms with Crippen molar-refractivity contribution in [1.82, 2.24) is 15.1 Å². The van der Waals surface area contributed by atoms with E-state index in [1.165, 1.54) is 12.1 Å². The molecule has 0 aliphatic heterocycles. The Hall–Kier alpha value is -1.39. The van der Waals surface area contributed by atoms with Crippen LogP contribution in [-0.2, 0) is 13.5 Å². The summed E-state index contributed by atoms with van der Waals surface area (Å²) in [7, 11) is 1.91. The SMILES string of the molecule is CCNC(Cc1ccc(F)cc1Cl)c1cn(C)nc1C. The lowest BCUT2D eigenvalue weighted by atomic mass is 9.99. The molecule has 0 amide bonds. The van der Waals surface area contributed by atoms with E-state index in [1.807, 2.05) is 20.2 Å². The highest BCUT2D eigenvalue weighted by atomic mass is 35.5. The first-order valence-corrected chi connectivity index (χ1v) is 7.06. The zero-order valence-corrected chi connectivity index (χ0v) is 12.7. The minimum Gasteiger partial charge on any atom is -0.310 e. The molecular weight excluding hydrogens is 277 g/mol. The Balaban J connectivity index is 2.27. The van der Waals surface area contributed by atoms with Crippen molar-refractivity contribution >= 4 is 11.6 Å². The van der Waals surface area contributed by atoms with Gasteiger partial charge in [0, 0.05) is 29.9 Å². The maximum atomic E-state index is 13.1. The predicted octanol–water partition coefficient (Wildman–Crippen LogP) is 3.41. The number of aromatic nitrogens is 2. The van der Waals surface area contributed by atoms with Crippen molar-refractivity contribution < 1.29 is 4.39 Å². The summed E-state index contributed by atoms with van der Waals surface area (Å²) in [6, 6.07) is 4.67. The Bertz CT molecular complexity index is 595. The van der Waals surface area contributed by atoms with Crippen LogP contribution in [0.25, 0.3) is 0 Å². The number of likely N-dealkylation sites (N-methyl/N-ethyl adjacent to an activating group) is 1. The summed E-state index contributed by atoms with van der Waals surface area (Å²) in [6.45, 7) is 4.90. The Morgan fingerprint density at radius 3 is 2.75 bits per heavy atom. The molecule has 0 spiro atoms. The first-order valence-electron chi connectivity index (χ1n) is 6.68. The minimum absolute atomic E-state index is 0.122. The molecule has 1 unspecified atom stereocenters. The largest absolute Gasteiger partial charge is 0.310 e. The topological polar surface area (TPSA) is 29.9 Å². The number of nitrogens with one attached hydrogen (secondary N) is 1. The van der Waals surface area contributed by atoms with Crippen LogP contribution < -0.4 is 5.32 Å². The number of hydrogen-bond acceptors (Lipinski definition) is 2. The Morgan fingerprint density at radius 1 is 1.45 bits per heavy atom. The van der Waals surface area contributed by atoms with Gasteiger partial charge in [-0.3, -0.25) is 4.68 Å². The van der Waals surface area contributed by atoms with Crippen LogP contribution in [0.1, 0.15) is 29.8 Å². The zero-order chi connectivity index (χ0) is 14.7. The predicted molar refractivity (Wildman–Crippen MR) is 79.5 cm³/mol. The molecule has 1 heterocycles. The van der Waals surface area contributed by atoms with E-state index in [4.69, 9.17) is 11.6 Å². The van der Waals surface area contributed by atoms with Crippen molar-refractivity contribution in [1.29, 1.82) is 0 Å². The van der Waals surface area contributed by atoms with Gasteiger partial charge in [-0.05, 0) is 37.6 Å². The summed E-state index contributed by atoms with van der Waals surface area (Å²) in [5.41, 5.74) is 3.08. The Kier molecular flexibility index (Phi) is 4.78. The van der Waals surface area contributed by atoms with Crippen LogP contribution in [0.4, 0.5) is 4.39 Å². The van der Waals surface area contributed by atoms with Crippen LogP contribution in [0.5, 0.6) is 0 Å². The monoisotopic (exact) mass is 295 g/mol. The van der Waals surface area contributed by atoms with E-state index in [9.17, 15) is 4.39 Å². The highest BCUT2D eigenvalue weighted by Crippen LogP contribution is 2.25. The third kappa shape index (κ3) is 3.38. The highest BCUT2D eigenvalue weighted by molar-refractivity contribution is 6.31. The van der Waals surface area contributed by atoms with Gasteiger partial charge in [-0.1, -0.05) is 24.6 Å². The lowest BCUT2D eigenvalue weighted by Gasteiger charge is -2.18. The molecule has 0 aliphatic rings. The fourth-order valence-corrected chi connectivity index (χ4v) is 2.65. The molecule has 2 aromatic rings. The molecule has 1 atom stereocenters. The van der Waals surface area contributed by atoms with E-state index in [-0.39, 0.29) is 11.9 Å². The number of aryl methyl sites for hydroxylation is 2. The van der Waals surface area contributed by atoms with Gasteiger partial charge in [0.15, 0.2) is 0 Å². The molecule has 2 rings (SSSR count). The van der Waals surface area contributed by atoms with Gasteiger partial charge in [-0.25, -0.2) is 4.39 Å². The first-order chi connectivity index (χ1) is 9.51. The molecule has 0 saturated carbocycles. The smallest absolute Gasteiger partial charge is 0.124 e.